The predicted molar refractivity (Wildman–Crippen MR) is 55.9 cm³/mol. The monoisotopic (exact) mass is 236 g/mol. The lowest BCUT2D eigenvalue weighted by Gasteiger charge is -2.27. The number of hydrogen-bond acceptors (Lipinski definition) is 5. The molecule has 96 valence electrons. The smallest absolute Gasteiger partial charge is 0.364 e. The van der Waals surface area contributed by atoms with Gasteiger partial charge in [-0.15, -0.1) is 0 Å². The number of nitrogens with two attached hydrogens (primary N) is 1. The van der Waals surface area contributed by atoms with Gasteiger partial charge in [-0.1, -0.05) is 5.23 Å². The summed E-state index contributed by atoms with van der Waals surface area (Å²) >= 11 is 0. The van der Waals surface area contributed by atoms with Gasteiger partial charge in [-0.3, -0.25) is 0 Å². The molecule has 0 aliphatic rings. The van der Waals surface area contributed by atoms with E-state index in [1.807, 2.05) is 0 Å². The van der Waals surface area contributed by atoms with Crippen LogP contribution in [0.4, 0.5) is 4.79 Å². The fraction of sp³-hybridized carbons (Fsp3) is 0.889. The summed E-state index contributed by atoms with van der Waals surface area (Å²) in [6.07, 6.45) is -2.89. The molecular formula is C9H20N2O5. The number of aliphatic hydroxyl groups is 2. The third kappa shape index (κ3) is 5.26. The van der Waals surface area contributed by atoms with Crippen molar-refractivity contribution in [3.05, 3.63) is 0 Å². The van der Waals surface area contributed by atoms with E-state index in [4.69, 9.17) is 15.4 Å². The van der Waals surface area contributed by atoms with Crippen molar-refractivity contribution in [2.45, 2.75) is 52.1 Å². The highest BCUT2D eigenvalue weighted by Crippen LogP contribution is 2.07. The zero-order chi connectivity index (χ0) is 12.9. The topological polar surface area (TPSA) is 105 Å². The molecule has 0 saturated carbocycles. The van der Waals surface area contributed by atoms with Gasteiger partial charge in [0.05, 0.1) is 12.2 Å². The molecule has 4 N–H and O–H groups in total. The van der Waals surface area contributed by atoms with Gasteiger partial charge >= 0.3 is 6.03 Å². The number of amides is 2. The summed E-state index contributed by atoms with van der Waals surface area (Å²) in [7, 11) is 0. The van der Waals surface area contributed by atoms with Crippen molar-refractivity contribution in [3.8, 4) is 0 Å². The van der Waals surface area contributed by atoms with Crippen LogP contribution >= 0.6 is 0 Å². The minimum Gasteiger partial charge on any atom is -0.391 e. The first kappa shape index (κ1) is 15.1. The molecule has 2 amide bonds. The van der Waals surface area contributed by atoms with Gasteiger partial charge in [0.15, 0.2) is 0 Å². The molecule has 0 spiro atoms. The number of hydrogen-bond donors (Lipinski definition) is 3. The Labute approximate surface area is 94.6 Å². The van der Waals surface area contributed by atoms with Crippen molar-refractivity contribution in [1.82, 2.24) is 5.23 Å². The Bertz CT molecular complexity index is 206. The molecule has 0 aliphatic heterocycles. The molecule has 0 radical (unpaired) electrons. The summed E-state index contributed by atoms with van der Waals surface area (Å²) in [5, 5.41) is 18.8. The Hall–Kier alpha value is -0.890. The largest absolute Gasteiger partial charge is 0.391 e. The Kier molecular flexibility index (Phi) is 6.27. The second-order valence-electron chi connectivity index (χ2n) is 3.70. The highest BCUT2D eigenvalue weighted by atomic mass is 17.0. The minimum absolute atomic E-state index is 0.467. The van der Waals surface area contributed by atoms with Crippen LogP contribution in [0.5, 0.6) is 0 Å². The summed E-state index contributed by atoms with van der Waals surface area (Å²) in [5.74, 6) is 0. The number of nitrogens with zero attached hydrogens (tertiary/aromatic N) is 1. The first-order chi connectivity index (χ1) is 7.25. The van der Waals surface area contributed by atoms with Crippen LogP contribution in [0.3, 0.4) is 0 Å². The van der Waals surface area contributed by atoms with Crippen molar-refractivity contribution in [1.29, 1.82) is 0 Å². The number of rotatable bonds is 6. The van der Waals surface area contributed by atoms with E-state index in [0.29, 0.717) is 5.23 Å². The molecule has 16 heavy (non-hydrogen) atoms. The van der Waals surface area contributed by atoms with Crippen LogP contribution in [0.25, 0.3) is 0 Å². The van der Waals surface area contributed by atoms with Gasteiger partial charge in [0.1, 0.15) is 12.2 Å². The number of carbonyl (C=O) groups excluding carboxylic acids is 1. The van der Waals surface area contributed by atoms with E-state index in [1.165, 1.54) is 13.8 Å². The second kappa shape index (κ2) is 6.64. The summed E-state index contributed by atoms with van der Waals surface area (Å²) in [5.41, 5.74) is 5.01. The third-order valence-corrected chi connectivity index (χ3v) is 2.06. The molecule has 0 aromatic heterocycles. The van der Waals surface area contributed by atoms with Gasteiger partial charge in [-0.05, 0) is 27.7 Å². The van der Waals surface area contributed by atoms with Gasteiger partial charge in [-0.25, -0.2) is 14.5 Å². The van der Waals surface area contributed by atoms with Crippen LogP contribution in [0, 0.1) is 0 Å². The van der Waals surface area contributed by atoms with Crippen LogP contribution in [0.15, 0.2) is 0 Å². The molecule has 0 aromatic rings. The van der Waals surface area contributed by atoms with Crippen molar-refractivity contribution in [2.24, 2.45) is 5.73 Å². The van der Waals surface area contributed by atoms with Crippen LogP contribution in [0.2, 0.25) is 0 Å². The van der Waals surface area contributed by atoms with E-state index in [9.17, 15) is 15.0 Å². The molecule has 0 rings (SSSR count). The van der Waals surface area contributed by atoms with Crippen LogP contribution in [-0.4, -0.2) is 45.9 Å². The highest BCUT2D eigenvalue weighted by Gasteiger charge is 2.23. The van der Waals surface area contributed by atoms with Gasteiger partial charge in [0.25, 0.3) is 0 Å². The maximum atomic E-state index is 11.0. The molecule has 7 nitrogen and oxygen atoms in total. The molecular weight excluding hydrogens is 216 g/mol. The van der Waals surface area contributed by atoms with E-state index in [2.05, 4.69) is 0 Å². The van der Waals surface area contributed by atoms with Gasteiger partial charge in [0.2, 0.25) is 0 Å². The lowest BCUT2D eigenvalue weighted by Crippen LogP contribution is -2.44. The van der Waals surface area contributed by atoms with E-state index in [1.54, 1.807) is 13.8 Å². The Morgan fingerprint density at radius 1 is 1.06 bits per heavy atom. The normalized spacial score (nSPS) is 18.6. The molecule has 0 aromatic carbocycles. The standard InChI is InChI=1S/C9H20N2O5/c1-5(12)7(3)15-11(9(10)14)16-8(4)6(2)13/h5-8,12-13H,1-4H3,(H2,10,14). The second-order valence-corrected chi connectivity index (χ2v) is 3.70. The number of carbonyl (C=O) groups is 1. The zero-order valence-electron chi connectivity index (χ0n) is 9.95. The van der Waals surface area contributed by atoms with Crippen LogP contribution < -0.4 is 5.73 Å². The molecule has 4 atom stereocenters. The zero-order valence-corrected chi connectivity index (χ0v) is 9.95. The number of primary amides is 1. The predicted octanol–water partition coefficient (Wildman–Crippen LogP) is -0.231. The van der Waals surface area contributed by atoms with E-state index in [0.717, 1.165) is 0 Å². The average molecular weight is 236 g/mol. The maximum absolute atomic E-state index is 11.0. The minimum atomic E-state index is -0.958. The van der Waals surface area contributed by atoms with Crippen LogP contribution in [-0.2, 0) is 9.68 Å². The molecule has 0 heterocycles. The molecule has 0 saturated heterocycles. The third-order valence-electron chi connectivity index (χ3n) is 2.06. The Morgan fingerprint density at radius 2 is 1.38 bits per heavy atom. The fourth-order valence-corrected chi connectivity index (χ4v) is 0.607. The molecule has 0 fully saturated rings. The SMILES string of the molecule is CC(O)C(C)ON(OC(C)C(C)O)C(N)=O. The number of hydroxylamine groups is 2. The summed E-state index contributed by atoms with van der Waals surface area (Å²) in [4.78, 5) is 20.9. The molecule has 0 aliphatic carbocycles. The van der Waals surface area contributed by atoms with Gasteiger partial charge in [-0.2, -0.15) is 0 Å². The summed E-state index contributed by atoms with van der Waals surface area (Å²) in [6.45, 7) is 6.11. The number of urea groups is 1. The Balaban J connectivity index is 4.34. The molecule has 7 heteroatoms. The van der Waals surface area contributed by atoms with Crippen LogP contribution in [0.1, 0.15) is 27.7 Å². The molecule has 0 bridgehead atoms. The summed E-state index contributed by atoms with van der Waals surface area (Å²) < 4.78 is 0. The van der Waals surface area contributed by atoms with Crippen molar-refractivity contribution < 1.29 is 24.7 Å². The van der Waals surface area contributed by atoms with E-state index < -0.39 is 30.4 Å². The average Bonchev–Trinajstić information content (AvgIpc) is 2.15. The van der Waals surface area contributed by atoms with Crippen molar-refractivity contribution in [3.63, 3.8) is 0 Å². The van der Waals surface area contributed by atoms with Crippen molar-refractivity contribution >= 4 is 6.03 Å². The quantitative estimate of drug-likeness (QED) is 0.552. The van der Waals surface area contributed by atoms with Crippen molar-refractivity contribution in [2.75, 3.05) is 0 Å². The first-order valence-corrected chi connectivity index (χ1v) is 5.05. The molecule has 4 unspecified atom stereocenters. The lowest BCUT2D eigenvalue weighted by atomic mass is 10.3. The number of aliphatic hydroxyl groups excluding tert-OH is 2. The maximum Gasteiger partial charge on any atom is 0.364 e. The first-order valence-electron chi connectivity index (χ1n) is 5.05. The Morgan fingerprint density at radius 3 is 1.56 bits per heavy atom. The van der Waals surface area contributed by atoms with E-state index in [-0.39, 0.29) is 0 Å². The summed E-state index contributed by atoms with van der Waals surface area (Å²) in [6, 6.07) is -0.958. The fourth-order valence-electron chi connectivity index (χ4n) is 0.607. The van der Waals surface area contributed by atoms with Gasteiger partial charge in [0, 0.05) is 0 Å². The van der Waals surface area contributed by atoms with Gasteiger partial charge < -0.3 is 15.9 Å². The highest BCUT2D eigenvalue weighted by molar-refractivity contribution is 5.69. The lowest BCUT2D eigenvalue weighted by molar-refractivity contribution is -0.371. The van der Waals surface area contributed by atoms with E-state index >= 15 is 0 Å².